The van der Waals surface area contributed by atoms with E-state index in [-0.39, 0.29) is 12.3 Å². The van der Waals surface area contributed by atoms with Crippen molar-refractivity contribution in [3.8, 4) is 5.75 Å². The Kier molecular flexibility index (Phi) is 5.19. The maximum atomic E-state index is 6.55. The maximum absolute atomic E-state index is 6.55. The van der Waals surface area contributed by atoms with Gasteiger partial charge in [0.15, 0.2) is 0 Å². The minimum atomic E-state index is -0.262. The molecule has 0 bridgehead atoms. The molecule has 0 unspecified atom stereocenters. The van der Waals surface area contributed by atoms with Gasteiger partial charge in [0.1, 0.15) is 5.75 Å². The molecule has 0 amide bonds. The molecule has 0 saturated heterocycles. The van der Waals surface area contributed by atoms with Gasteiger partial charge in [-0.1, -0.05) is 84.4 Å². The third-order valence-corrected chi connectivity index (χ3v) is 6.85. The van der Waals surface area contributed by atoms with Crippen molar-refractivity contribution in [3.63, 3.8) is 0 Å². The van der Waals surface area contributed by atoms with Crippen LogP contribution in [0.5, 0.6) is 5.75 Å². The van der Waals surface area contributed by atoms with E-state index in [0.29, 0.717) is 5.92 Å². The highest BCUT2D eigenvalue weighted by Crippen LogP contribution is 2.50. The van der Waals surface area contributed by atoms with Gasteiger partial charge >= 0.3 is 0 Å². The van der Waals surface area contributed by atoms with E-state index < -0.39 is 0 Å². The first-order chi connectivity index (χ1) is 14.5. The van der Waals surface area contributed by atoms with Crippen molar-refractivity contribution >= 4 is 37.6 Å². The second kappa shape index (κ2) is 7.86. The van der Waals surface area contributed by atoms with E-state index in [0.717, 1.165) is 43.5 Å². The van der Waals surface area contributed by atoms with E-state index in [1.165, 1.54) is 5.56 Å². The topological polar surface area (TPSA) is 24.8 Å². The van der Waals surface area contributed by atoms with Crippen LogP contribution in [0.2, 0.25) is 0 Å². The molecule has 0 aromatic heterocycles. The molecular formula is C25H22Br2N2O. The second-order valence-electron chi connectivity index (χ2n) is 8.11. The zero-order valence-electron chi connectivity index (χ0n) is 16.8. The Morgan fingerprint density at radius 3 is 2.43 bits per heavy atom. The van der Waals surface area contributed by atoms with Crippen molar-refractivity contribution in [1.29, 1.82) is 0 Å². The first-order valence-electron chi connectivity index (χ1n) is 10.2. The first kappa shape index (κ1) is 19.8. The van der Waals surface area contributed by atoms with Crippen LogP contribution in [0.15, 0.2) is 80.8 Å². The van der Waals surface area contributed by atoms with Crippen molar-refractivity contribution < 1.29 is 4.74 Å². The molecule has 2 aliphatic rings. The Labute approximate surface area is 194 Å². The fourth-order valence-corrected chi connectivity index (χ4v) is 5.54. The number of nitrogens with zero attached hydrogens (tertiary/aromatic N) is 2. The minimum absolute atomic E-state index is 0.132. The standard InChI is InChI=1S/C25H22Br2N2O/c1-15(2)16-8-10-18(11-9-16)25-29-23(14-22(28-29)17-6-4-3-5-7-17)20-12-19(26)13-21(27)24(20)30-25/h3-13,15,23,25H,14H2,1-2H3/t23-,25-/m0/s1. The molecule has 2 aliphatic heterocycles. The summed E-state index contributed by atoms with van der Waals surface area (Å²) in [4.78, 5) is 0. The summed E-state index contributed by atoms with van der Waals surface area (Å²) < 4.78 is 8.55. The highest BCUT2D eigenvalue weighted by atomic mass is 79.9. The lowest BCUT2D eigenvalue weighted by Crippen LogP contribution is -2.34. The fraction of sp³-hybridized carbons (Fsp3) is 0.240. The zero-order chi connectivity index (χ0) is 20.8. The molecule has 2 heterocycles. The second-order valence-corrected chi connectivity index (χ2v) is 9.88. The molecule has 30 heavy (non-hydrogen) atoms. The molecule has 0 N–H and O–H groups in total. The van der Waals surface area contributed by atoms with Crippen LogP contribution in [-0.4, -0.2) is 10.7 Å². The van der Waals surface area contributed by atoms with Crippen LogP contribution >= 0.6 is 31.9 Å². The van der Waals surface area contributed by atoms with Crippen LogP contribution in [-0.2, 0) is 0 Å². The van der Waals surface area contributed by atoms with Gasteiger partial charge in [-0.3, -0.25) is 0 Å². The average molecular weight is 526 g/mol. The van der Waals surface area contributed by atoms with Crippen LogP contribution in [0.4, 0.5) is 0 Å². The molecule has 2 atom stereocenters. The number of ether oxygens (including phenoxy) is 1. The molecule has 5 rings (SSSR count). The SMILES string of the molecule is CC(C)c1ccc([C@@H]2Oc3c(Br)cc(Br)cc3[C@@H]3CC(c4ccccc4)=NN32)cc1. The van der Waals surface area contributed by atoms with Crippen LogP contribution in [0.3, 0.4) is 0 Å². The molecule has 0 spiro atoms. The predicted molar refractivity (Wildman–Crippen MR) is 128 cm³/mol. The molecule has 3 aromatic rings. The first-order valence-corrected chi connectivity index (χ1v) is 11.8. The summed E-state index contributed by atoms with van der Waals surface area (Å²) in [5.74, 6) is 1.41. The van der Waals surface area contributed by atoms with Gasteiger partial charge in [0.05, 0.1) is 16.2 Å². The third kappa shape index (κ3) is 3.48. The van der Waals surface area contributed by atoms with E-state index in [4.69, 9.17) is 9.84 Å². The summed E-state index contributed by atoms with van der Waals surface area (Å²) in [6.07, 6.45) is 0.589. The van der Waals surface area contributed by atoms with Gasteiger partial charge in [0.2, 0.25) is 6.23 Å². The van der Waals surface area contributed by atoms with E-state index in [1.54, 1.807) is 0 Å². The van der Waals surface area contributed by atoms with Crippen LogP contribution in [0.25, 0.3) is 0 Å². The van der Waals surface area contributed by atoms with E-state index in [9.17, 15) is 0 Å². The molecule has 0 fully saturated rings. The third-order valence-electron chi connectivity index (χ3n) is 5.80. The number of hydrogen-bond acceptors (Lipinski definition) is 3. The number of halogens is 2. The number of benzene rings is 3. The molecule has 3 nitrogen and oxygen atoms in total. The molecule has 152 valence electrons. The van der Waals surface area contributed by atoms with Gasteiger partial charge in [-0.15, -0.1) is 0 Å². The number of hydrogen-bond donors (Lipinski definition) is 0. The molecule has 0 saturated carbocycles. The molecular weight excluding hydrogens is 504 g/mol. The monoisotopic (exact) mass is 524 g/mol. The summed E-state index contributed by atoms with van der Waals surface area (Å²) in [5.41, 5.74) is 5.85. The largest absolute Gasteiger partial charge is 0.463 e. The number of fused-ring (bicyclic) bond motifs is 3. The lowest BCUT2D eigenvalue weighted by molar-refractivity contribution is -0.0197. The predicted octanol–water partition coefficient (Wildman–Crippen LogP) is 7.58. The van der Waals surface area contributed by atoms with Crippen molar-refractivity contribution in [2.45, 2.75) is 38.5 Å². The van der Waals surface area contributed by atoms with Gasteiger partial charge in [-0.25, -0.2) is 5.01 Å². The number of rotatable bonds is 3. The molecule has 3 aromatic carbocycles. The van der Waals surface area contributed by atoms with E-state index in [2.05, 4.69) is 105 Å². The van der Waals surface area contributed by atoms with Gasteiger partial charge < -0.3 is 4.74 Å². The van der Waals surface area contributed by atoms with Gasteiger partial charge in [-0.05, 0) is 45.1 Å². The molecule has 0 aliphatic carbocycles. The Hall–Kier alpha value is -2.11. The number of hydrazone groups is 1. The average Bonchev–Trinajstić information content (AvgIpc) is 3.20. The lowest BCUT2D eigenvalue weighted by atomic mass is 9.95. The van der Waals surface area contributed by atoms with Crippen molar-refractivity contribution in [3.05, 3.63) is 97.9 Å². The summed E-state index contributed by atoms with van der Waals surface area (Å²) in [5, 5.41) is 7.18. The molecule has 5 heteroatoms. The quantitative estimate of drug-likeness (QED) is 0.352. The Bertz CT molecular complexity index is 1110. The maximum Gasteiger partial charge on any atom is 0.213 e. The Morgan fingerprint density at radius 1 is 1.00 bits per heavy atom. The highest BCUT2D eigenvalue weighted by Gasteiger charge is 2.41. The van der Waals surface area contributed by atoms with Crippen LogP contribution in [0.1, 0.15) is 60.7 Å². The van der Waals surface area contributed by atoms with Gasteiger partial charge in [0, 0.05) is 22.0 Å². The van der Waals surface area contributed by atoms with Crippen molar-refractivity contribution in [2.75, 3.05) is 0 Å². The smallest absolute Gasteiger partial charge is 0.213 e. The Balaban J connectivity index is 1.60. The van der Waals surface area contributed by atoms with Gasteiger partial charge in [-0.2, -0.15) is 5.10 Å². The molecule has 0 radical (unpaired) electrons. The summed E-state index contributed by atoms with van der Waals surface area (Å²) in [7, 11) is 0. The normalized spacial score (nSPS) is 19.9. The van der Waals surface area contributed by atoms with Crippen LogP contribution in [0, 0.1) is 0 Å². The minimum Gasteiger partial charge on any atom is -0.463 e. The summed E-state index contributed by atoms with van der Waals surface area (Å²) >= 11 is 7.35. The van der Waals surface area contributed by atoms with E-state index in [1.807, 2.05) is 12.1 Å². The lowest BCUT2D eigenvalue weighted by Gasteiger charge is -2.38. The van der Waals surface area contributed by atoms with E-state index >= 15 is 0 Å². The fourth-order valence-electron chi connectivity index (χ4n) is 4.19. The Morgan fingerprint density at radius 2 is 1.73 bits per heavy atom. The summed E-state index contributed by atoms with van der Waals surface area (Å²) in [6.45, 7) is 4.43. The summed E-state index contributed by atoms with van der Waals surface area (Å²) in [6, 6.07) is 23.5. The van der Waals surface area contributed by atoms with Gasteiger partial charge in [0.25, 0.3) is 0 Å². The van der Waals surface area contributed by atoms with Crippen molar-refractivity contribution in [2.24, 2.45) is 5.10 Å². The zero-order valence-corrected chi connectivity index (χ0v) is 20.0. The highest BCUT2D eigenvalue weighted by molar-refractivity contribution is 9.11. The van der Waals surface area contributed by atoms with Crippen molar-refractivity contribution in [1.82, 2.24) is 5.01 Å². The van der Waals surface area contributed by atoms with Crippen LogP contribution < -0.4 is 4.74 Å².